The molecule has 2 unspecified atom stereocenters. The number of para-hydroxylation sites is 2. The highest BCUT2D eigenvalue weighted by atomic mass is 16.5. The number of anilines is 1. The molecule has 0 saturated heterocycles. The number of hydrogen-bond acceptors (Lipinski definition) is 6. The number of fused-ring (bicyclic) bond motifs is 3. The lowest BCUT2D eigenvalue weighted by Crippen LogP contribution is -2.35. The Hall–Kier alpha value is -6.09. The lowest BCUT2D eigenvalue weighted by Gasteiger charge is -2.13. The zero-order valence-corrected chi connectivity index (χ0v) is 30.2. The molecule has 53 heavy (non-hydrogen) atoms. The number of carbonyl (C=O) groups is 2. The van der Waals surface area contributed by atoms with Gasteiger partial charge in [-0.25, -0.2) is 0 Å². The van der Waals surface area contributed by atoms with Crippen LogP contribution in [0.4, 0.5) is 5.69 Å². The SMILES string of the molecule is CC(C)c1ccc(OCC(=O)Nc2ccc3c(c2)OCC3C)cc1.O=C(Cc1c[nH]c2ccccc12)NCC1Cc2cccc(-c3ccncc3)c2O1. The van der Waals surface area contributed by atoms with Crippen LogP contribution in [0.3, 0.4) is 0 Å². The topological polar surface area (TPSA) is 115 Å². The molecule has 0 bridgehead atoms. The molecule has 0 fully saturated rings. The molecule has 8 rings (SSSR count). The third kappa shape index (κ3) is 8.52. The van der Waals surface area contributed by atoms with Crippen LogP contribution in [-0.4, -0.2) is 47.6 Å². The maximum atomic E-state index is 12.5. The Morgan fingerprint density at radius 2 is 1.75 bits per heavy atom. The van der Waals surface area contributed by atoms with Gasteiger partial charge in [0.05, 0.1) is 19.6 Å². The van der Waals surface area contributed by atoms with E-state index in [9.17, 15) is 9.59 Å². The van der Waals surface area contributed by atoms with Crippen LogP contribution in [0.15, 0.2) is 116 Å². The number of pyridine rings is 1. The number of hydrogen-bond donors (Lipinski definition) is 3. The molecule has 2 aliphatic rings. The molecule has 0 radical (unpaired) electrons. The van der Waals surface area contributed by atoms with E-state index in [1.165, 1.54) is 16.7 Å². The van der Waals surface area contributed by atoms with E-state index in [0.29, 0.717) is 37.2 Å². The Morgan fingerprint density at radius 1 is 0.943 bits per heavy atom. The normalized spacial score (nSPS) is 15.4. The monoisotopic (exact) mass is 708 g/mol. The van der Waals surface area contributed by atoms with E-state index in [1.54, 1.807) is 12.4 Å². The number of nitrogens with zero attached hydrogens (tertiary/aromatic N) is 1. The van der Waals surface area contributed by atoms with Gasteiger partial charge in [0.25, 0.3) is 5.91 Å². The molecule has 2 aliphatic heterocycles. The lowest BCUT2D eigenvalue weighted by molar-refractivity contribution is -0.120. The number of rotatable bonds is 10. The van der Waals surface area contributed by atoms with Gasteiger partial charge in [-0.3, -0.25) is 14.6 Å². The van der Waals surface area contributed by atoms with Crippen LogP contribution in [0.25, 0.3) is 22.0 Å². The predicted molar refractivity (Wildman–Crippen MR) is 208 cm³/mol. The number of aromatic nitrogens is 2. The van der Waals surface area contributed by atoms with Crippen LogP contribution < -0.4 is 24.8 Å². The fourth-order valence-corrected chi connectivity index (χ4v) is 6.70. The largest absolute Gasteiger partial charge is 0.493 e. The molecular weight excluding hydrogens is 665 g/mol. The summed E-state index contributed by atoms with van der Waals surface area (Å²) in [4.78, 5) is 31.8. The fourth-order valence-electron chi connectivity index (χ4n) is 6.70. The van der Waals surface area contributed by atoms with Crippen molar-refractivity contribution in [3.8, 4) is 28.4 Å². The minimum absolute atomic E-state index is 0.00339. The first kappa shape index (κ1) is 35.3. The molecule has 3 N–H and O–H groups in total. The Morgan fingerprint density at radius 3 is 2.57 bits per heavy atom. The number of amides is 2. The second-order valence-corrected chi connectivity index (χ2v) is 13.8. The number of carbonyl (C=O) groups excluding carboxylic acids is 2. The molecule has 270 valence electrons. The van der Waals surface area contributed by atoms with E-state index in [4.69, 9.17) is 14.2 Å². The van der Waals surface area contributed by atoms with Crippen molar-refractivity contribution in [2.75, 3.05) is 25.1 Å². The van der Waals surface area contributed by atoms with Crippen LogP contribution in [0, 0.1) is 0 Å². The van der Waals surface area contributed by atoms with E-state index in [1.807, 2.05) is 85.1 Å². The van der Waals surface area contributed by atoms with Gasteiger partial charge < -0.3 is 29.8 Å². The summed E-state index contributed by atoms with van der Waals surface area (Å²) < 4.78 is 17.4. The minimum Gasteiger partial charge on any atom is -0.493 e. The van der Waals surface area contributed by atoms with Crippen molar-refractivity contribution in [3.63, 3.8) is 0 Å². The summed E-state index contributed by atoms with van der Waals surface area (Å²) in [6.45, 7) is 7.58. The summed E-state index contributed by atoms with van der Waals surface area (Å²) in [7, 11) is 0. The first-order valence-corrected chi connectivity index (χ1v) is 18.1. The molecular formula is C44H44N4O5. The standard InChI is InChI=1S/C24H21N3O2.C20H23NO3/c28-23(13-18-14-26-22-7-2-1-5-20(18)22)27-15-19-12-17-4-3-6-21(24(17)29-19)16-8-10-25-11-9-16;1-13(2)15-4-7-17(8-5-15)23-12-20(22)21-16-6-9-18-14(3)11-24-19(18)10-16/h1-11,14,19,26H,12-13,15H2,(H,27,28);4-10,13-14H,11-12H2,1-3H3,(H,21,22). The van der Waals surface area contributed by atoms with Crippen LogP contribution in [-0.2, 0) is 22.4 Å². The molecule has 9 heteroatoms. The first-order chi connectivity index (χ1) is 25.8. The zero-order chi connectivity index (χ0) is 36.7. The van der Waals surface area contributed by atoms with Crippen molar-refractivity contribution >= 4 is 28.4 Å². The number of aromatic amines is 1. The fraction of sp³-hybridized carbons (Fsp3) is 0.250. The maximum Gasteiger partial charge on any atom is 0.262 e. The van der Waals surface area contributed by atoms with Crippen LogP contribution >= 0.6 is 0 Å². The third-order valence-electron chi connectivity index (χ3n) is 9.61. The van der Waals surface area contributed by atoms with Gasteiger partial charge in [-0.05, 0) is 64.6 Å². The molecule has 0 aliphatic carbocycles. The van der Waals surface area contributed by atoms with E-state index >= 15 is 0 Å². The highest BCUT2D eigenvalue weighted by Gasteiger charge is 2.26. The highest BCUT2D eigenvalue weighted by molar-refractivity contribution is 5.92. The summed E-state index contributed by atoms with van der Waals surface area (Å²) in [6, 6.07) is 31.8. The average Bonchev–Trinajstić information content (AvgIpc) is 3.90. The maximum absolute atomic E-state index is 12.5. The van der Waals surface area contributed by atoms with Gasteiger partial charge in [-0.1, -0.05) is 75.4 Å². The third-order valence-corrected chi connectivity index (χ3v) is 9.61. The average molecular weight is 709 g/mol. The molecule has 0 saturated carbocycles. The van der Waals surface area contributed by atoms with Gasteiger partial charge in [-0.15, -0.1) is 0 Å². The number of nitrogens with one attached hydrogen (secondary N) is 3. The number of benzene rings is 4. The number of ether oxygens (including phenoxy) is 3. The van der Waals surface area contributed by atoms with Crippen molar-refractivity contribution < 1.29 is 23.8 Å². The molecule has 9 nitrogen and oxygen atoms in total. The first-order valence-electron chi connectivity index (χ1n) is 18.1. The second-order valence-electron chi connectivity index (χ2n) is 13.8. The Labute approximate surface area is 309 Å². The Kier molecular flexibility index (Phi) is 10.7. The summed E-state index contributed by atoms with van der Waals surface area (Å²) in [5, 5.41) is 6.97. The van der Waals surface area contributed by atoms with Crippen LogP contribution in [0.5, 0.6) is 17.2 Å². The smallest absolute Gasteiger partial charge is 0.262 e. The molecule has 2 amide bonds. The van der Waals surface area contributed by atoms with Crippen LogP contribution in [0.2, 0.25) is 0 Å². The van der Waals surface area contributed by atoms with E-state index in [2.05, 4.69) is 59.6 Å². The van der Waals surface area contributed by atoms with Crippen molar-refractivity contribution in [1.82, 2.24) is 15.3 Å². The van der Waals surface area contributed by atoms with E-state index in [-0.39, 0.29) is 24.5 Å². The van der Waals surface area contributed by atoms with Gasteiger partial charge in [0.2, 0.25) is 5.91 Å². The minimum atomic E-state index is -0.186. The molecule has 4 heterocycles. The van der Waals surface area contributed by atoms with Gasteiger partial charge in [0.15, 0.2) is 6.61 Å². The zero-order valence-electron chi connectivity index (χ0n) is 30.2. The van der Waals surface area contributed by atoms with Crippen molar-refractivity contribution in [3.05, 3.63) is 138 Å². The summed E-state index contributed by atoms with van der Waals surface area (Å²) >= 11 is 0. The molecule has 6 aromatic rings. The number of H-pyrrole nitrogens is 1. The van der Waals surface area contributed by atoms with E-state index < -0.39 is 0 Å². The quantitative estimate of drug-likeness (QED) is 0.132. The van der Waals surface area contributed by atoms with Gasteiger partial charge in [0, 0.05) is 64.7 Å². The van der Waals surface area contributed by atoms with E-state index in [0.717, 1.165) is 51.2 Å². The van der Waals surface area contributed by atoms with Crippen molar-refractivity contribution in [2.24, 2.45) is 0 Å². The highest BCUT2D eigenvalue weighted by Crippen LogP contribution is 2.38. The summed E-state index contributed by atoms with van der Waals surface area (Å²) in [5.41, 5.74) is 8.55. The molecule has 2 atom stereocenters. The Bertz CT molecular complexity index is 2200. The Balaban J connectivity index is 0.000000168. The summed E-state index contributed by atoms with van der Waals surface area (Å²) in [6.07, 6.45) is 6.57. The lowest BCUT2D eigenvalue weighted by atomic mass is 10.0. The second kappa shape index (κ2) is 16.1. The molecule has 2 aromatic heterocycles. The molecule has 0 spiro atoms. The van der Waals surface area contributed by atoms with Gasteiger partial charge in [0.1, 0.15) is 23.4 Å². The van der Waals surface area contributed by atoms with Crippen molar-refractivity contribution in [2.45, 2.75) is 51.6 Å². The van der Waals surface area contributed by atoms with Crippen molar-refractivity contribution in [1.29, 1.82) is 0 Å². The van der Waals surface area contributed by atoms with Gasteiger partial charge in [-0.2, -0.15) is 0 Å². The van der Waals surface area contributed by atoms with Gasteiger partial charge >= 0.3 is 0 Å². The molecule has 4 aromatic carbocycles. The predicted octanol–water partition coefficient (Wildman–Crippen LogP) is 8.22. The van der Waals surface area contributed by atoms with Crippen LogP contribution in [0.1, 0.15) is 54.9 Å². The summed E-state index contributed by atoms with van der Waals surface area (Å²) in [5.74, 6) is 3.16.